The second-order valence-corrected chi connectivity index (χ2v) is 10.7. The molecule has 0 unspecified atom stereocenters. The fraction of sp³-hybridized carbons (Fsp3) is 0.219. The SMILES string of the molecule is CN1C(=O)NC(=O)/C1=C/c1ccc(N=C(c2ccc(CCN3CCCC3)cc2)c2c(O)[nH]c3ccc([N+](=O)[O-])cc23)cc1. The number of hydrogen-bond donors (Lipinski definition) is 3. The first-order valence-electron chi connectivity index (χ1n) is 14.1. The number of likely N-dealkylation sites (N-methyl/N-ethyl adjacent to an activating group) is 1. The highest BCUT2D eigenvalue weighted by molar-refractivity contribution is 6.22. The van der Waals surface area contributed by atoms with E-state index >= 15 is 0 Å². The van der Waals surface area contributed by atoms with Gasteiger partial charge < -0.3 is 15.0 Å². The molecule has 43 heavy (non-hydrogen) atoms. The number of H-pyrrole nitrogens is 1. The molecular formula is C32H30N6O5. The summed E-state index contributed by atoms with van der Waals surface area (Å²) in [6, 6.07) is 19.0. The van der Waals surface area contributed by atoms with E-state index in [1.807, 2.05) is 12.1 Å². The van der Waals surface area contributed by atoms with Crippen LogP contribution in [0, 0.1) is 10.1 Å². The van der Waals surface area contributed by atoms with Crippen LogP contribution in [0.5, 0.6) is 5.88 Å². The Labute approximate surface area is 247 Å². The summed E-state index contributed by atoms with van der Waals surface area (Å²) in [5, 5.41) is 25.3. The van der Waals surface area contributed by atoms with Gasteiger partial charge >= 0.3 is 6.03 Å². The summed E-state index contributed by atoms with van der Waals surface area (Å²) in [5.74, 6) is -0.613. The summed E-state index contributed by atoms with van der Waals surface area (Å²) in [7, 11) is 1.52. The summed E-state index contributed by atoms with van der Waals surface area (Å²) in [4.78, 5) is 46.5. The number of nitrogens with one attached hydrogen (secondary N) is 2. The lowest BCUT2D eigenvalue weighted by Crippen LogP contribution is -2.24. The smallest absolute Gasteiger partial charge is 0.328 e. The maximum absolute atomic E-state index is 12.1. The van der Waals surface area contributed by atoms with Crippen LogP contribution in [0.15, 0.2) is 77.4 Å². The predicted octanol–water partition coefficient (Wildman–Crippen LogP) is 5.11. The zero-order valence-corrected chi connectivity index (χ0v) is 23.5. The maximum atomic E-state index is 12.1. The van der Waals surface area contributed by atoms with Gasteiger partial charge in [-0.1, -0.05) is 36.4 Å². The van der Waals surface area contributed by atoms with Gasteiger partial charge in [0.2, 0.25) is 0 Å². The quantitative estimate of drug-likeness (QED) is 0.0871. The van der Waals surface area contributed by atoms with E-state index in [-0.39, 0.29) is 17.3 Å². The molecule has 0 aliphatic carbocycles. The van der Waals surface area contributed by atoms with E-state index in [0.29, 0.717) is 33.4 Å². The molecule has 6 rings (SSSR count). The third kappa shape index (κ3) is 5.75. The van der Waals surface area contributed by atoms with Gasteiger partial charge in [-0.15, -0.1) is 0 Å². The van der Waals surface area contributed by atoms with Crippen molar-refractivity contribution in [3.05, 3.63) is 105 Å². The number of benzene rings is 3. The number of carbonyl (C=O) groups is 2. The number of non-ortho nitro benzene ring substituents is 1. The van der Waals surface area contributed by atoms with Crippen molar-refractivity contribution in [2.24, 2.45) is 4.99 Å². The molecule has 2 aliphatic heterocycles. The topological polar surface area (TPSA) is 144 Å². The average molecular weight is 579 g/mol. The average Bonchev–Trinajstić information content (AvgIpc) is 3.70. The highest BCUT2D eigenvalue weighted by Crippen LogP contribution is 2.34. The fourth-order valence-corrected chi connectivity index (χ4v) is 5.51. The Balaban J connectivity index is 1.38. The van der Waals surface area contributed by atoms with Gasteiger partial charge in [0.1, 0.15) is 5.70 Å². The van der Waals surface area contributed by atoms with Gasteiger partial charge in [0.15, 0.2) is 5.88 Å². The Hall–Kier alpha value is -5.29. The Morgan fingerprint density at radius 3 is 2.42 bits per heavy atom. The highest BCUT2D eigenvalue weighted by atomic mass is 16.6. The minimum atomic E-state index is -0.483. The lowest BCUT2D eigenvalue weighted by molar-refractivity contribution is -0.384. The van der Waals surface area contributed by atoms with Crippen LogP contribution in [-0.2, 0) is 11.2 Å². The Morgan fingerprint density at radius 1 is 1.05 bits per heavy atom. The number of urea groups is 1. The number of amides is 3. The van der Waals surface area contributed by atoms with E-state index in [1.54, 1.807) is 36.4 Å². The van der Waals surface area contributed by atoms with Crippen LogP contribution in [0.25, 0.3) is 17.0 Å². The maximum Gasteiger partial charge on any atom is 0.328 e. The monoisotopic (exact) mass is 578 g/mol. The molecule has 0 bridgehead atoms. The zero-order valence-electron chi connectivity index (χ0n) is 23.5. The molecular weight excluding hydrogens is 548 g/mol. The molecule has 2 saturated heterocycles. The molecule has 4 aromatic rings. The molecule has 0 spiro atoms. The number of carbonyl (C=O) groups excluding carboxylic acids is 2. The van der Waals surface area contributed by atoms with Crippen molar-refractivity contribution in [3.8, 4) is 5.88 Å². The minimum absolute atomic E-state index is 0.0962. The van der Waals surface area contributed by atoms with Crippen LogP contribution >= 0.6 is 0 Å². The number of imide groups is 1. The number of aromatic amines is 1. The minimum Gasteiger partial charge on any atom is -0.494 e. The summed E-state index contributed by atoms with van der Waals surface area (Å²) in [5.41, 5.74) is 4.67. The number of aromatic nitrogens is 1. The van der Waals surface area contributed by atoms with Crippen LogP contribution in [0.3, 0.4) is 0 Å². The number of fused-ring (bicyclic) bond motifs is 1. The third-order valence-electron chi connectivity index (χ3n) is 7.91. The number of rotatable bonds is 8. The van der Waals surface area contributed by atoms with Crippen LogP contribution in [0.4, 0.5) is 16.2 Å². The van der Waals surface area contributed by atoms with Gasteiger partial charge in [-0.3, -0.25) is 25.1 Å². The normalized spacial score (nSPS) is 16.9. The molecule has 218 valence electrons. The summed E-state index contributed by atoms with van der Waals surface area (Å²) < 4.78 is 0. The largest absolute Gasteiger partial charge is 0.494 e. The Bertz CT molecular complexity index is 1780. The highest BCUT2D eigenvalue weighted by Gasteiger charge is 2.29. The molecule has 3 N–H and O–H groups in total. The van der Waals surface area contributed by atoms with Gasteiger partial charge in [0.05, 0.1) is 21.9 Å². The van der Waals surface area contributed by atoms with E-state index in [4.69, 9.17) is 4.99 Å². The Kier molecular flexibility index (Phi) is 7.47. The molecule has 2 aliphatic rings. The van der Waals surface area contributed by atoms with E-state index in [9.17, 15) is 24.8 Å². The van der Waals surface area contributed by atoms with E-state index < -0.39 is 16.9 Å². The van der Waals surface area contributed by atoms with Crippen LogP contribution in [0.2, 0.25) is 0 Å². The number of aromatic hydroxyl groups is 1. The molecule has 3 heterocycles. The van der Waals surface area contributed by atoms with Crippen LogP contribution in [-0.4, -0.2) is 69.1 Å². The molecule has 3 aromatic carbocycles. The van der Waals surface area contributed by atoms with E-state index in [2.05, 4.69) is 27.3 Å². The van der Waals surface area contributed by atoms with E-state index in [0.717, 1.165) is 31.6 Å². The number of likely N-dealkylation sites (tertiary alicyclic amines) is 1. The van der Waals surface area contributed by atoms with Gasteiger partial charge in [-0.05, 0) is 67.8 Å². The van der Waals surface area contributed by atoms with Crippen molar-refractivity contribution in [2.75, 3.05) is 26.7 Å². The molecule has 0 radical (unpaired) electrons. The van der Waals surface area contributed by atoms with Gasteiger partial charge in [0.25, 0.3) is 11.6 Å². The molecule has 0 atom stereocenters. The summed E-state index contributed by atoms with van der Waals surface area (Å²) >= 11 is 0. The van der Waals surface area contributed by atoms with Crippen molar-refractivity contribution in [2.45, 2.75) is 19.3 Å². The van der Waals surface area contributed by atoms with Crippen molar-refractivity contribution in [3.63, 3.8) is 0 Å². The molecule has 1 aromatic heterocycles. The first kappa shape index (κ1) is 27.9. The Morgan fingerprint density at radius 2 is 1.77 bits per heavy atom. The predicted molar refractivity (Wildman–Crippen MR) is 163 cm³/mol. The van der Waals surface area contributed by atoms with Crippen molar-refractivity contribution < 1.29 is 19.6 Å². The first-order chi connectivity index (χ1) is 20.8. The summed E-state index contributed by atoms with van der Waals surface area (Å²) in [6.07, 6.45) is 5.03. The molecule has 0 saturated carbocycles. The number of aliphatic imine (C=N–C) groups is 1. The van der Waals surface area contributed by atoms with Gasteiger partial charge in [-0.25, -0.2) is 9.79 Å². The summed E-state index contributed by atoms with van der Waals surface area (Å²) in [6.45, 7) is 3.28. The van der Waals surface area contributed by atoms with Crippen molar-refractivity contribution >= 4 is 46.0 Å². The standard InChI is InChI=1S/C32H30N6O5/c1-36-27(30(39)35-32(36)41)18-21-6-10-23(11-7-21)33-29(22-8-4-20(5-9-22)14-17-37-15-2-3-16-37)28-25-19-24(38(42)43)12-13-26(25)34-31(28)40/h4-13,18-19,34,40H,2-3,14-17H2,1H3,(H,35,39,41)/b27-18-,33-29?. The second kappa shape index (κ2) is 11.5. The molecule has 2 fully saturated rings. The number of nitro groups is 1. The fourth-order valence-electron chi connectivity index (χ4n) is 5.51. The van der Waals surface area contributed by atoms with Crippen molar-refractivity contribution in [1.82, 2.24) is 20.1 Å². The van der Waals surface area contributed by atoms with Crippen molar-refractivity contribution in [1.29, 1.82) is 0 Å². The van der Waals surface area contributed by atoms with Gasteiger partial charge in [-0.2, -0.15) is 0 Å². The number of hydrogen-bond acceptors (Lipinski definition) is 7. The lowest BCUT2D eigenvalue weighted by Gasteiger charge is -2.14. The first-order valence-corrected chi connectivity index (χ1v) is 14.1. The molecule has 11 nitrogen and oxygen atoms in total. The van der Waals surface area contributed by atoms with Crippen LogP contribution in [0.1, 0.15) is 35.1 Å². The van der Waals surface area contributed by atoms with E-state index in [1.165, 1.54) is 42.5 Å². The number of nitro benzene ring substituents is 1. The third-order valence-corrected chi connectivity index (χ3v) is 7.91. The van der Waals surface area contributed by atoms with Gasteiger partial charge in [0, 0.05) is 42.2 Å². The lowest BCUT2D eigenvalue weighted by atomic mass is 9.98. The van der Waals surface area contributed by atoms with Crippen LogP contribution < -0.4 is 5.32 Å². The second-order valence-electron chi connectivity index (χ2n) is 10.7. The molecule has 11 heteroatoms. The number of nitrogens with zero attached hydrogens (tertiary/aromatic N) is 4. The zero-order chi connectivity index (χ0) is 30.1. The molecule has 3 amide bonds.